The minimum absolute atomic E-state index is 0.0276. The fraction of sp³-hybridized carbons (Fsp3) is 0.556. The van der Waals surface area contributed by atoms with Gasteiger partial charge in [0.05, 0.1) is 30.4 Å². The Morgan fingerprint density at radius 3 is 2.58 bits per heavy atom. The molecule has 0 aliphatic heterocycles. The average Bonchev–Trinajstić information content (AvgIpc) is 2.78. The number of methoxy groups -OCH3 is 1. The molecule has 24 heavy (non-hydrogen) atoms. The van der Waals surface area contributed by atoms with Gasteiger partial charge < -0.3 is 10.2 Å². The molecule has 2 aromatic rings. The van der Waals surface area contributed by atoms with Crippen molar-refractivity contribution in [2.75, 3.05) is 20.3 Å². The maximum Gasteiger partial charge on any atom is 0.329 e. The Kier molecular flexibility index (Phi) is 5.49. The van der Waals surface area contributed by atoms with Gasteiger partial charge in [-0.1, -0.05) is 6.07 Å². The van der Waals surface area contributed by atoms with Crippen molar-refractivity contribution in [2.24, 2.45) is 5.10 Å². The minimum atomic E-state index is -0.271. The zero-order valence-corrected chi connectivity index (χ0v) is 15.5. The molecule has 1 aromatic carbocycles. The summed E-state index contributed by atoms with van der Waals surface area (Å²) in [6.07, 6.45) is 1.76. The van der Waals surface area contributed by atoms with Gasteiger partial charge in [0.2, 0.25) is 0 Å². The zero-order chi connectivity index (χ0) is 17.9. The first-order valence-corrected chi connectivity index (χ1v) is 8.29. The third-order valence-electron chi connectivity index (χ3n) is 3.81. The highest BCUT2D eigenvalue weighted by Gasteiger charge is 2.23. The summed E-state index contributed by atoms with van der Waals surface area (Å²) < 4.78 is 8.67. The van der Waals surface area contributed by atoms with Crippen molar-refractivity contribution < 1.29 is 4.74 Å². The number of hydrazone groups is 1. The second-order valence-corrected chi connectivity index (χ2v) is 7.16. The standard InChI is InChI=1S/C18H28N4O2/c1-13(2)21-16-11-14(12-20-19-9-10-24-6)7-8-15(16)22(17(21)23)18(3,4)5/h7-8,11-13,19H,9-10H2,1-6H3/b20-12+. The Hall–Kier alpha value is -2.08. The molecule has 0 amide bonds. The highest BCUT2D eigenvalue weighted by Crippen LogP contribution is 2.23. The van der Waals surface area contributed by atoms with E-state index >= 15 is 0 Å². The Balaban J connectivity index is 2.48. The van der Waals surface area contributed by atoms with Gasteiger partial charge in [-0.15, -0.1) is 0 Å². The first-order chi connectivity index (χ1) is 11.3. The Bertz CT molecular complexity index is 779. The van der Waals surface area contributed by atoms with Gasteiger partial charge >= 0.3 is 5.69 Å². The topological polar surface area (TPSA) is 60.5 Å². The lowest BCUT2D eigenvalue weighted by Crippen LogP contribution is -2.35. The summed E-state index contributed by atoms with van der Waals surface area (Å²) in [6, 6.07) is 6.09. The number of imidazole rings is 1. The van der Waals surface area contributed by atoms with Crippen molar-refractivity contribution in [2.45, 2.75) is 46.2 Å². The molecule has 0 atom stereocenters. The fourth-order valence-electron chi connectivity index (χ4n) is 2.80. The van der Waals surface area contributed by atoms with Crippen LogP contribution in [0.15, 0.2) is 28.1 Å². The third kappa shape index (κ3) is 3.70. The summed E-state index contributed by atoms with van der Waals surface area (Å²) in [5.74, 6) is 0. The van der Waals surface area contributed by atoms with E-state index in [1.807, 2.05) is 62.0 Å². The number of rotatable bonds is 6. The molecule has 1 heterocycles. The van der Waals surface area contributed by atoms with Crippen LogP contribution in [0, 0.1) is 0 Å². The molecule has 6 nitrogen and oxygen atoms in total. The predicted molar refractivity (Wildman–Crippen MR) is 99.1 cm³/mol. The van der Waals surface area contributed by atoms with Crippen molar-refractivity contribution in [3.05, 3.63) is 34.2 Å². The van der Waals surface area contributed by atoms with Crippen LogP contribution in [0.5, 0.6) is 0 Å². The molecule has 2 rings (SSSR count). The summed E-state index contributed by atoms with van der Waals surface area (Å²) in [7, 11) is 1.66. The molecule has 0 aliphatic rings. The Morgan fingerprint density at radius 2 is 2.00 bits per heavy atom. The normalized spacial score (nSPS) is 12.6. The maximum atomic E-state index is 12.9. The number of hydrogen-bond donors (Lipinski definition) is 1. The third-order valence-corrected chi connectivity index (χ3v) is 3.81. The van der Waals surface area contributed by atoms with Crippen LogP contribution in [0.2, 0.25) is 0 Å². The number of ether oxygens (including phenoxy) is 1. The molecule has 0 saturated heterocycles. The molecule has 0 fully saturated rings. The van der Waals surface area contributed by atoms with Gasteiger partial charge in [-0.3, -0.25) is 9.13 Å². The SMILES string of the molecule is COCCN/N=C/c1ccc2c(c1)n(C(C)C)c(=O)n2C(C)(C)C. The van der Waals surface area contributed by atoms with Crippen LogP contribution < -0.4 is 11.1 Å². The number of fused-ring (bicyclic) bond motifs is 1. The number of nitrogens with zero attached hydrogens (tertiary/aromatic N) is 3. The lowest BCUT2D eigenvalue weighted by atomic mass is 10.1. The van der Waals surface area contributed by atoms with E-state index in [0.29, 0.717) is 13.2 Å². The van der Waals surface area contributed by atoms with Crippen LogP contribution in [0.1, 0.15) is 46.2 Å². The fourth-order valence-corrected chi connectivity index (χ4v) is 2.80. The Morgan fingerprint density at radius 1 is 1.29 bits per heavy atom. The van der Waals surface area contributed by atoms with Crippen LogP contribution in [-0.2, 0) is 10.3 Å². The second kappa shape index (κ2) is 7.21. The van der Waals surface area contributed by atoms with Crippen molar-refractivity contribution in [3.8, 4) is 0 Å². The van der Waals surface area contributed by atoms with Crippen molar-refractivity contribution in [1.29, 1.82) is 0 Å². The minimum Gasteiger partial charge on any atom is -0.383 e. The largest absolute Gasteiger partial charge is 0.383 e. The summed E-state index contributed by atoms with van der Waals surface area (Å²) in [5, 5.41) is 4.19. The smallest absolute Gasteiger partial charge is 0.329 e. The molecule has 1 N–H and O–H groups in total. The van der Waals surface area contributed by atoms with Crippen LogP contribution in [-0.4, -0.2) is 35.6 Å². The van der Waals surface area contributed by atoms with E-state index in [4.69, 9.17) is 4.74 Å². The van der Waals surface area contributed by atoms with Crippen LogP contribution in [0.4, 0.5) is 0 Å². The summed E-state index contributed by atoms with van der Waals surface area (Å²) >= 11 is 0. The summed E-state index contributed by atoms with van der Waals surface area (Å²) in [4.78, 5) is 12.9. The van der Waals surface area contributed by atoms with E-state index in [1.165, 1.54) is 0 Å². The lowest BCUT2D eigenvalue weighted by Gasteiger charge is -2.20. The van der Waals surface area contributed by atoms with Gasteiger partial charge in [-0.25, -0.2) is 4.79 Å². The first kappa shape index (κ1) is 18.3. The molecule has 0 spiro atoms. The van der Waals surface area contributed by atoms with Crippen molar-refractivity contribution >= 4 is 17.2 Å². The quantitative estimate of drug-likeness (QED) is 0.503. The molecule has 132 valence electrons. The predicted octanol–water partition coefficient (Wildman–Crippen LogP) is 2.71. The molecular formula is C18H28N4O2. The van der Waals surface area contributed by atoms with Gasteiger partial charge in [-0.05, 0) is 52.3 Å². The number of hydrogen-bond acceptors (Lipinski definition) is 4. The van der Waals surface area contributed by atoms with Crippen LogP contribution in [0.25, 0.3) is 11.0 Å². The molecule has 0 saturated carbocycles. The zero-order valence-electron chi connectivity index (χ0n) is 15.5. The van der Waals surface area contributed by atoms with Crippen LogP contribution >= 0.6 is 0 Å². The van der Waals surface area contributed by atoms with Gasteiger partial charge in [0.15, 0.2) is 0 Å². The van der Waals surface area contributed by atoms with Gasteiger partial charge in [0.25, 0.3) is 0 Å². The molecule has 0 radical (unpaired) electrons. The number of aromatic nitrogens is 2. The van der Waals surface area contributed by atoms with Gasteiger partial charge in [0, 0.05) is 18.7 Å². The van der Waals surface area contributed by atoms with Crippen LogP contribution in [0.3, 0.4) is 0 Å². The van der Waals surface area contributed by atoms with E-state index in [-0.39, 0.29) is 17.3 Å². The van der Waals surface area contributed by atoms with E-state index in [2.05, 4.69) is 10.5 Å². The maximum absolute atomic E-state index is 12.9. The summed E-state index contributed by atoms with van der Waals surface area (Å²) in [6.45, 7) is 11.5. The average molecular weight is 332 g/mol. The molecule has 6 heteroatoms. The second-order valence-electron chi connectivity index (χ2n) is 7.16. The Labute approximate surface area is 143 Å². The highest BCUT2D eigenvalue weighted by molar-refractivity contribution is 5.87. The van der Waals surface area contributed by atoms with Gasteiger partial charge in [0.1, 0.15) is 0 Å². The monoisotopic (exact) mass is 332 g/mol. The lowest BCUT2D eigenvalue weighted by molar-refractivity contribution is 0.200. The first-order valence-electron chi connectivity index (χ1n) is 8.29. The van der Waals surface area contributed by atoms with Crippen molar-refractivity contribution in [1.82, 2.24) is 14.6 Å². The molecule has 1 aromatic heterocycles. The van der Waals surface area contributed by atoms with Crippen molar-refractivity contribution in [3.63, 3.8) is 0 Å². The van der Waals surface area contributed by atoms with E-state index in [9.17, 15) is 4.79 Å². The van der Waals surface area contributed by atoms with E-state index in [1.54, 1.807) is 13.3 Å². The number of benzene rings is 1. The van der Waals surface area contributed by atoms with E-state index in [0.717, 1.165) is 16.6 Å². The summed E-state index contributed by atoms with van der Waals surface area (Å²) in [5.41, 5.74) is 5.53. The molecule has 0 unspecified atom stereocenters. The number of nitrogens with one attached hydrogen (secondary N) is 1. The molecular weight excluding hydrogens is 304 g/mol. The highest BCUT2D eigenvalue weighted by atomic mass is 16.5. The van der Waals surface area contributed by atoms with Gasteiger partial charge in [-0.2, -0.15) is 5.10 Å². The molecule has 0 aliphatic carbocycles. The molecule has 0 bridgehead atoms. The van der Waals surface area contributed by atoms with E-state index < -0.39 is 0 Å².